The largest absolute Gasteiger partial charge is 0.379 e. The van der Waals surface area contributed by atoms with Crippen LogP contribution in [0.25, 0.3) is 0 Å². The van der Waals surface area contributed by atoms with Crippen LogP contribution in [0.1, 0.15) is 85.3 Å². The van der Waals surface area contributed by atoms with Crippen molar-refractivity contribution in [3.8, 4) is 0 Å². The quantitative estimate of drug-likeness (QED) is 0.168. The number of carbonyl (C=O) groups is 4. The molecule has 0 radical (unpaired) electrons. The van der Waals surface area contributed by atoms with Crippen molar-refractivity contribution in [2.45, 2.75) is 123 Å². The number of benzene rings is 1. The molecule has 4 amide bonds. The van der Waals surface area contributed by atoms with Crippen LogP contribution in [0.2, 0.25) is 0 Å². The number of methoxy groups -OCH3 is 2. The summed E-state index contributed by atoms with van der Waals surface area (Å²) < 4.78 is 39.9. The number of sulfonamides is 1. The predicted octanol–water partition coefficient (Wildman–Crippen LogP) is 2.74. The molecule has 0 bridgehead atoms. The SMILES string of the molecule is CC[C@H](C)[C@@H]([C@@H](CC(=O)N1CCC[C@H]1[C@H](OC)[C@@H](C)C(=O)NS(=O)(=O)Cc1ccc(CN)cc1)OC)N(C)C(=O)C(NC(=O)[C@H](C(C)C)N(C)C)C(C)C. The summed E-state index contributed by atoms with van der Waals surface area (Å²) >= 11 is 0. The van der Waals surface area contributed by atoms with Crippen LogP contribution in [-0.4, -0.2) is 125 Å². The van der Waals surface area contributed by atoms with Gasteiger partial charge in [0, 0.05) is 34.4 Å². The number of carbonyl (C=O) groups excluding carboxylic acids is 4. The molecule has 54 heavy (non-hydrogen) atoms. The van der Waals surface area contributed by atoms with E-state index in [0.717, 1.165) is 5.56 Å². The Kier molecular flexibility index (Phi) is 18.5. The van der Waals surface area contributed by atoms with E-state index >= 15 is 0 Å². The summed E-state index contributed by atoms with van der Waals surface area (Å²) in [4.78, 5) is 60.2. The normalized spacial score (nSPS) is 18.9. The Morgan fingerprint density at radius 2 is 1.52 bits per heavy atom. The minimum Gasteiger partial charge on any atom is -0.379 e. The van der Waals surface area contributed by atoms with Gasteiger partial charge in [0.2, 0.25) is 33.7 Å². The van der Waals surface area contributed by atoms with Gasteiger partial charge in [-0.25, -0.2) is 8.42 Å². The molecule has 4 N–H and O–H groups in total. The molecule has 1 aromatic rings. The van der Waals surface area contributed by atoms with Crippen LogP contribution >= 0.6 is 0 Å². The van der Waals surface area contributed by atoms with Crippen molar-refractivity contribution < 1.29 is 37.1 Å². The van der Waals surface area contributed by atoms with Crippen LogP contribution in [0, 0.1) is 23.7 Å². The number of ether oxygens (including phenoxy) is 2. The molecule has 8 atom stereocenters. The lowest BCUT2D eigenvalue weighted by Gasteiger charge is -2.41. The van der Waals surface area contributed by atoms with E-state index in [1.165, 1.54) is 14.2 Å². The van der Waals surface area contributed by atoms with Gasteiger partial charge in [-0.3, -0.25) is 28.8 Å². The molecule has 1 heterocycles. The molecule has 1 fully saturated rings. The number of hydrogen-bond donors (Lipinski definition) is 3. The van der Waals surface area contributed by atoms with Crippen molar-refractivity contribution in [1.29, 1.82) is 0 Å². The zero-order valence-electron chi connectivity index (χ0n) is 34.6. The van der Waals surface area contributed by atoms with Gasteiger partial charge in [-0.1, -0.05) is 79.2 Å². The number of nitrogens with two attached hydrogens (primary N) is 1. The Morgan fingerprint density at radius 1 is 0.926 bits per heavy atom. The molecule has 15 heteroatoms. The molecule has 1 aromatic carbocycles. The first-order chi connectivity index (χ1) is 25.2. The summed E-state index contributed by atoms with van der Waals surface area (Å²) in [6.45, 7) is 14.1. The molecule has 1 aliphatic rings. The topological polar surface area (TPSA) is 181 Å². The maximum absolute atomic E-state index is 14.2. The fourth-order valence-electron chi connectivity index (χ4n) is 7.68. The first-order valence-corrected chi connectivity index (χ1v) is 20.8. The lowest BCUT2D eigenvalue weighted by Crippen LogP contribution is -2.59. The predicted molar refractivity (Wildman–Crippen MR) is 210 cm³/mol. The second kappa shape index (κ2) is 21.3. The maximum Gasteiger partial charge on any atom is 0.245 e. The van der Waals surface area contributed by atoms with Crippen molar-refractivity contribution in [3.63, 3.8) is 0 Å². The van der Waals surface area contributed by atoms with E-state index in [-0.39, 0.29) is 47.6 Å². The molecular weight excluding hydrogens is 713 g/mol. The lowest BCUT2D eigenvalue weighted by molar-refractivity contribution is -0.148. The Labute approximate surface area is 324 Å². The van der Waals surface area contributed by atoms with Gasteiger partial charge >= 0.3 is 0 Å². The first kappa shape index (κ1) is 47.0. The van der Waals surface area contributed by atoms with Crippen LogP contribution in [0.4, 0.5) is 0 Å². The highest BCUT2D eigenvalue weighted by Gasteiger charge is 2.43. The molecule has 1 aliphatic heterocycles. The molecule has 14 nitrogen and oxygen atoms in total. The highest BCUT2D eigenvalue weighted by molar-refractivity contribution is 7.89. The molecule has 0 spiro atoms. The van der Waals surface area contributed by atoms with Gasteiger partial charge in [-0.2, -0.15) is 0 Å². The van der Waals surface area contributed by atoms with Crippen LogP contribution in [0.3, 0.4) is 0 Å². The molecule has 308 valence electrons. The minimum atomic E-state index is -4.02. The number of likely N-dealkylation sites (N-methyl/N-ethyl adjacent to an activating group) is 2. The van der Waals surface area contributed by atoms with Crippen molar-refractivity contribution in [2.24, 2.45) is 29.4 Å². The molecule has 1 saturated heterocycles. The van der Waals surface area contributed by atoms with Crippen LogP contribution in [0.5, 0.6) is 0 Å². The van der Waals surface area contributed by atoms with Crippen LogP contribution in [0.15, 0.2) is 24.3 Å². The molecule has 2 rings (SSSR count). The van der Waals surface area contributed by atoms with Gasteiger partial charge in [0.15, 0.2) is 0 Å². The van der Waals surface area contributed by atoms with E-state index in [1.54, 1.807) is 48.0 Å². The summed E-state index contributed by atoms with van der Waals surface area (Å²) in [5, 5.41) is 3.01. The number of nitrogens with zero attached hydrogens (tertiary/aromatic N) is 3. The molecular formula is C39H68N6O8S. The van der Waals surface area contributed by atoms with Gasteiger partial charge in [0.05, 0.1) is 48.4 Å². The Balaban J connectivity index is 2.26. The minimum absolute atomic E-state index is 0.0281. The Bertz CT molecular complexity index is 1480. The number of hydrogen-bond acceptors (Lipinski definition) is 10. The number of amides is 4. The standard InChI is InChI=1S/C39H68N6O8S/c1-13-26(6)35(44(10)39(49)33(24(2)3)41-38(48)34(25(4)5)43(8)9)31(52-11)21-32(46)45-20-14-15-30(45)36(53-12)27(7)37(47)42-54(50,51)23-29-18-16-28(22-40)17-19-29/h16-19,24-27,30-31,33-36H,13-15,20-23,40H2,1-12H3,(H,41,48)(H,42,47)/t26-,27+,30-,31+,33?,34-,35-,36+/m0/s1. The first-order valence-electron chi connectivity index (χ1n) is 19.2. The summed E-state index contributed by atoms with van der Waals surface area (Å²) in [6.07, 6.45) is 0.445. The van der Waals surface area contributed by atoms with Gasteiger partial charge in [0.25, 0.3) is 0 Å². The summed E-state index contributed by atoms with van der Waals surface area (Å²) in [5.74, 6) is -2.94. The van der Waals surface area contributed by atoms with E-state index < -0.39 is 58.2 Å². The van der Waals surface area contributed by atoms with Gasteiger partial charge in [-0.05, 0) is 55.8 Å². The van der Waals surface area contributed by atoms with Crippen molar-refractivity contribution in [2.75, 3.05) is 41.9 Å². The second-order valence-electron chi connectivity index (χ2n) is 15.7. The number of likely N-dealkylation sites (tertiary alicyclic amines) is 1. The van der Waals surface area contributed by atoms with Crippen LogP contribution in [-0.2, 0) is 51.0 Å². The third-order valence-electron chi connectivity index (χ3n) is 10.8. The lowest BCUT2D eigenvalue weighted by atomic mass is 9.89. The average molecular weight is 781 g/mol. The van der Waals surface area contributed by atoms with E-state index in [2.05, 4.69) is 10.0 Å². The fraction of sp³-hybridized carbons (Fsp3) is 0.744. The van der Waals surface area contributed by atoms with E-state index in [0.29, 0.717) is 37.9 Å². The summed E-state index contributed by atoms with van der Waals surface area (Å²) in [6, 6.07) is 4.63. The zero-order valence-corrected chi connectivity index (χ0v) is 35.4. The average Bonchev–Trinajstić information content (AvgIpc) is 3.59. The van der Waals surface area contributed by atoms with E-state index in [9.17, 15) is 27.6 Å². The third kappa shape index (κ3) is 12.5. The van der Waals surface area contributed by atoms with Gasteiger partial charge in [0.1, 0.15) is 6.04 Å². The number of nitrogens with one attached hydrogen (secondary N) is 2. The van der Waals surface area contributed by atoms with Gasteiger partial charge in [-0.15, -0.1) is 0 Å². The van der Waals surface area contributed by atoms with Gasteiger partial charge < -0.3 is 30.3 Å². The second-order valence-corrected chi connectivity index (χ2v) is 17.4. The smallest absolute Gasteiger partial charge is 0.245 e. The monoisotopic (exact) mass is 780 g/mol. The van der Waals surface area contributed by atoms with E-state index in [1.807, 2.05) is 60.5 Å². The Morgan fingerprint density at radius 3 is 2.00 bits per heavy atom. The highest BCUT2D eigenvalue weighted by atomic mass is 32.2. The fourth-order valence-corrected chi connectivity index (χ4v) is 8.88. The molecule has 0 saturated carbocycles. The molecule has 0 aliphatic carbocycles. The Hall–Kier alpha value is -3.11. The maximum atomic E-state index is 14.2. The zero-order chi connectivity index (χ0) is 41.1. The third-order valence-corrected chi connectivity index (χ3v) is 12.0. The van der Waals surface area contributed by atoms with E-state index in [4.69, 9.17) is 15.2 Å². The molecule has 1 unspecified atom stereocenters. The summed E-state index contributed by atoms with van der Waals surface area (Å²) in [5.41, 5.74) is 7.02. The molecule has 0 aromatic heterocycles. The van der Waals surface area contributed by atoms with Crippen molar-refractivity contribution in [1.82, 2.24) is 24.7 Å². The summed E-state index contributed by atoms with van der Waals surface area (Å²) in [7, 11) is 4.34. The van der Waals surface area contributed by atoms with Crippen LogP contribution < -0.4 is 15.8 Å². The highest BCUT2D eigenvalue weighted by Crippen LogP contribution is 2.30. The number of rotatable bonds is 21. The van der Waals surface area contributed by atoms with Crippen molar-refractivity contribution >= 4 is 33.7 Å². The van der Waals surface area contributed by atoms with Crippen molar-refractivity contribution in [3.05, 3.63) is 35.4 Å².